The standard InChI is InChI=1S/C21H24ClF2N3O3S/c22-18-12-17(5-6-19(18)23)27(31(29,30)10-9-26-7-1-2-8-26)14-16-4-3-15(11-20(16)24)21(28)13-25/h3-6,11-12H,1-2,7-10,13-14,25H2. The number of nitrogens with two attached hydrogens (primary N) is 1. The quantitative estimate of drug-likeness (QED) is 0.568. The van der Waals surface area contributed by atoms with Gasteiger partial charge in [0.15, 0.2) is 5.78 Å². The number of hydrogen-bond donors (Lipinski definition) is 1. The number of halogens is 3. The van der Waals surface area contributed by atoms with Crippen molar-refractivity contribution in [2.45, 2.75) is 19.4 Å². The van der Waals surface area contributed by atoms with Gasteiger partial charge in [0.25, 0.3) is 0 Å². The number of sulfonamides is 1. The Labute approximate surface area is 185 Å². The second kappa shape index (κ2) is 10.0. The predicted molar refractivity (Wildman–Crippen MR) is 117 cm³/mol. The third-order valence-electron chi connectivity index (χ3n) is 5.27. The zero-order valence-electron chi connectivity index (χ0n) is 16.9. The van der Waals surface area contributed by atoms with Crippen LogP contribution in [0.4, 0.5) is 14.5 Å². The second-order valence-corrected chi connectivity index (χ2v) is 9.82. The summed E-state index contributed by atoms with van der Waals surface area (Å²) in [4.78, 5) is 13.8. The van der Waals surface area contributed by atoms with Crippen molar-refractivity contribution in [3.63, 3.8) is 0 Å². The van der Waals surface area contributed by atoms with E-state index in [-0.39, 0.29) is 40.7 Å². The van der Waals surface area contributed by atoms with E-state index in [1.54, 1.807) is 0 Å². The van der Waals surface area contributed by atoms with Crippen LogP contribution in [-0.2, 0) is 16.6 Å². The lowest BCUT2D eigenvalue weighted by atomic mass is 10.1. The van der Waals surface area contributed by atoms with Crippen molar-refractivity contribution in [1.82, 2.24) is 4.90 Å². The lowest BCUT2D eigenvalue weighted by molar-refractivity contribution is 0.100. The average molecular weight is 472 g/mol. The smallest absolute Gasteiger partial charge is 0.236 e. The molecule has 168 valence electrons. The van der Waals surface area contributed by atoms with Crippen molar-refractivity contribution in [2.75, 3.05) is 36.2 Å². The molecule has 0 bridgehead atoms. The first-order valence-corrected chi connectivity index (χ1v) is 11.9. The van der Waals surface area contributed by atoms with E-state index < -0.39 is 27.4 Å². The van der Waals surface area contributed by atoms with Crippen molar-refractivity contribution < 1.29 is 22.0 Å². The number of Topliss-reactive ketones (excluding diaryl/α,β-unsaturated/α-hetero) is 1. The fourth-order valence-electron chi connectivity index (χ4n) is 3.47. The minimum absolute atomic E-state index is 0.0683. The molecule has 0 aromatic heterocycles. The summed E-state index contributed by atoms with van der Waals surface area (Å²) < 4.78 is 55.7. The molecule has 3 rings (SSSR count). The van der Waals surface area contributed by atoms with Crippen LogP contribution in [-0.4, -0.2) is 51.0 Å². The maximum atomic E-state index is 14.7. The Kier molecular flexibility index (Phi) is 7.64. The van der Waals surface area contributed by atoms with E-state index in [0.717, 1.165) is 42.4 Å². The van der Waals surface area contributed by atoms with E-state index in [1.165, 1.54) is 24.3 Å². The predicted octanol–water partition coefficient (Wildman–Crippen LogP) is 3.19. The Morgan fingerprint density at radius 1 is 1.10 bits per heavy atom. The van der Waals surface area contributed by atoms with E-state index in [4.69, 9.17) is 17.3 Å². The van der Waals surface area contributed by atoms with Crippen LogP contribution in [0.2, 0.25) is 5.02 Å². The molecule has 2 aromatic rings. The van der Waals surface area contributed by atoms with Gasteiger partial charge < -0.3 is 10.6 Å². The first-order valence-electron chi connectivity index (χ1n) is 9.91. The summed E-state index contributed by atoms with van der Waals surface area (Å²) in [6.07, 6.45) is 2.05. The summed E-state index contributed by atoms with van der Waals surface area (Å²) in [5.41, 5.74) is 5.62. The highest BCUT2D eigenvalue weighted by molar-refractivity contribution is 7.92. The number of likely N-dealkylation sites (tertiary alicyclic amines) is 1. The van der Waals surface area contributed by atoms with E-state index in [0.29, 0.717) is 6.54 Å². The van der Waals surface area contributed by atoms with Gasteiger partial charge in [0.2, 0.25) is 10.0 Å². The van der Waals surface area contributed by atoms with Crippen LogP contribution in [0, 0.1) is 11.6 Å². The molecule has 0 atom stereocenters. The Hall–Kier alpha value is -2.07. The maximum absolute atomic E-state index is 14.7. The van der Waals surface area contributed by atoms with Crippen molar-refractivity contribution in [2.24, 2.45) is 5.73 Å². The van der Waals surface area contributed by atoms with Crippen LogP contribution < -0.4 is 10.0 Å². The molecule has 1 saturated heterocycles. The minimum atomic E-state index is -3.88. The maximum Gasteiger partial charge on any atom is 0.236 e. The van der Waals surface area contributed by atoms with Gasteiger partial charge in [-0.3, -0.25) is 9.10 Å². The first kappa shape index (κ1) is 23.6. The van der Waals surface area contributed by atoms with Crippen LogP contribution in [0.25, 0.3) is 0 Å². The van der Waals surface area contributed by atoms with Gasteiger partial charge in [0.1, 0.15) is 11.6 Å². The highest BCUT2D eigenvalue weighted by Crippen LogP contribution is 2.27. The molecule has 1 aliphatic rings. The van der Waals surface area contributed by atoms with Gasteiger partial charge in [-0.1, -0.05) is 23.7 Å². The van der Waals surface area contributed by atoms with Crippen LogP contribution >= 0.6 is 11.6 Å². The molecule has 0 spiro atoms. The lowest BCUT2D eigenvalue weighted by Gasteiger charge is -2.26. The Morgan fingerprint density at radius 3 is 2.42 bits per heavy atom. The largest absolute Gasteiger partial charge is 0.324 e. The highest BCUT2D eigenvalue weighted by atomic mass is 35.5. The summed E-state index contributed by atoms with van der Waals surface area (Å²) in [5.74, 6) is -2.01. The number of rotatable bonds is 9. The Balaban J connectivity index is 1.91. The van der Waals surface area contributed by atoms with E-state index in [2.05, 4.69) is 4.90 Å². The highest BCUT2D eigenvalue weighted by Gasteiger charge is 2.26. The molecule has 0 amide bonds. The van der Waals surface area contributed by atoms with Crippen molar-refractivity contribution >= 4 is 33.1 Å². The van der Waals surface area contributed by atoms with Gasteiger partial charge in [-0.05, 0) is 50.2 Å². The van der Waals surface area contributed by atoms with E-state index in [1.807, 2.05) is 0 Å². The lowest BCUT2D eigenvalue weighted by Crippen LogP contribution is -2.37. The Morgan fingerprint density at radius 2 is 1.81 bits per heavy atom. The van der Waals surface area contributed by atoms with Gasteiger partial charge in [-0.2, -0.15) is 0 Å². The molecule has 2 aromatic carbocycles. The molecule has 10 heteroatoms. The number of ketones is 1. The van der Waals surface area contributed by atoms with Crippen LogP contribution in [0.15, 0.2) is 36.4 Å². The van der Waals surface area contributed by atoms with Crippen molar-refractivity contribution in [1.29, 1.82) is 0 Å². The fourth-order valence-corrected chi connectivity index (χ4v) is 5.13. The molecule has 1 fully saturated rings. The zero-order chi connectivity index (χ0) is 22.6. The molecular formula is C21H24ClF2N3O3S. The van der Waals surface area contributed by atoms with E-state index in [9.17, 15) is 22.0 Å². The molecular weight excluding hydrogens is 448 g/mol. The van der Waals surface area contributed by atoms with Gasteiger partial charge in [-0.15, -0.1) is 0 Å². The third kappa shape index (κ3) is 5.79. The average Bonchev–Trinajstić information content (AvgIpc) is 3.26. The number of carbonyl (C=O) groups is 1. The number of benzene rings is 2. The summed E-state index contributed by atoms with van der Waals surface area (Å²) in [5, 5.41) is -0.235. The van der Waals surface area contributed by atoms with Crippen LogP contribution in [0.3, 0.4) is 0 Å². The van der Waals surface area contributed by atoms with Crippen LogP contribution in [0.1, 0.15) is 28.8 Å². The summed E-state index contributed by atoms with van der Waals surface area (Å²) in [6, 6.07) is 7.36. The van der Waals surface area contributed by atoms with E-state index >= 15 is 0 Å². The molecule has 1 aliphatic heterocycles. The number of anilines is 1. The summed E-state index contributed by atoms with van der Waals surface area (Å²) in [7, 11) is -3.88. The van der Waals surface area contributed by atoms with Gasteiger partial charge in [-0.25, -0.2) is 17.2 Å². The molecule has 0 saturated carbocycles. The first-order chi connectivity index (χ1) is 14.7. The number of nitrogens with zero attached hydrogens (tertiary/aromatic N) is 2. The molecule has 0 aliphatic carbocycles. The van der Waals surface area contributed by atoms with Gasteiger partial charge in [0.05, 0.1) is 29.6 Å². The number of hydrogen-bond acceptors (Lipinski definition) is 5. The number of carbonyl (C=O) groups excluding carboxylic acids is 1. The second-order valence-electron chi connectivity index (χ2n) is 7.40. The fraction of sp³-hybridized carbons (Fsp3) is 0.381. The zero-order valence-corrected chi connectivity index (χ0v) is 18.4. The third-order valence-corrected chi connectivity index (χ3v) is 7.27. The molecule has 31 heavy (non-hydrogen) atoms. The van der Waals surface area contributed by atoms with Crippen molar-refractivity contribution in [3.05, 3.63) is 64.2 Å². The topological polar surface area (TPSA) is 83.7 Å². The van der Waals surface area contributed by atoms with Gasteiger partial charge >= 0.3 is 0 Å². The molecule has 0 unspecified atom stereocenters. The Bertz CT molecular complexity index is 1060. The molecule has 1 heterocycles. The minimum Gasteiger partial charge on any atom is -0.324 e. The summed E-state index contributed by atoms with van der Waals surface area (Å²) >= 11 is 5.87. The van der Waals surface area contributed by atoms with Crippen molar-refractivity contribution in [3.8, 4) is 0 Å². The molecule has 6 nitrogen and oxygen atoms in total. The normalized spacial score (nSPS) is 14.7. The summed E-state index contributed by atoms with van der Waals surface area (Å²) in [6.45, 7) is 1.43. The van der Waals surface area contributed by atoms with Gasteiger partial charge in [0, 0.05) is 17.7 Å². The monoisotopic (exact) mass is 471 g/mol. The molecule has 2 N–H and O–H groups in total. The van der Waals surface area contributed by atoms with Crippen LogP contribution in [0.5, 0.6) is 0 Å². The molecule has 0 radical (unpaired) electrons. The SMILES string of the molecule is NCC(=O)c1ccc(CN(c2ccc(F)c(Cl)c2)S(=O)(=O)CCN2CCCC2)c(F)c1.